The maximum atomic E-state index is 13.1. The number of halogens is 1. The van der Waals surface area contributed by atoms with E-state index in [1.54, 1.807) is 42.5 Å². The van der Waals surface area contributed by atoms with Crippen molar-refractivity contribution in [3.05, 3.63) is 81.8 Å². The van der Waals surface area contributed by atoms with Gasteiger partial charge >= 0.3 is 0 Å². The molecule has 0 spiro atoms. The van der Waals surface area contributed by atoms with Crippen molar-refractivity contribution in [2.75, 3.05) is 5.32 Å². The van der Waals surface area contributed by atoms with Crippen LogP contribution in [-0.4, -0.2) is 11.7 Å². The number of rotatable bonds is 6. The summed E-state index contributed by atoms with van der Waals surface area (Å²) >= 11 is 1.30. The molecular formula is C20H16FNO3S. The van der Waals surface area contributed by atoms with Gasteiger partial charge in [0.2, 0.25) is 0 Å². The topological polar surface area (TPSA) is 55.4 Å². The predicted octanol–water partition coefficient (Wildman–Crippen LogP) is 4.92. The first kappa shape index (κ1) is 17.8. The molecule has 132 valence electrons. The monoisotopic (exact) mass is 369 g/mol. The van der Waals surface area contributed by atoms with Crippen molar-refractivity contribution in [3.63, 3.8) is 0 Å². The van der Waals surface area contributed by atoms with Gasteiger partial charge in [-0.05, 0) is 54.8 Å². The van der Waals surface area contributed by atoms with E-state index in [4.69, 9.17) is 4.74 Å². The normalized spacial score (nSPS) is 10.4. The van der Waals surface area contributed by atoms with Crippen LogP contribution in [0.3, 0.4) is 0 Å². The van der Waals surface area contributed by atoms with Crippen LogP contribution in [0.2, 0.25) is 0 Å². The summed E-state index contributed by atoms with van der Waals surface area (Å²) in [5.74, 6) is -0.178. The molecule has 0 radical (unpaired) electrons. The van der Waals surface area contributed by atoms with Crippen molar-refractivity contribution in [2.24, 2.45) is 0 Å². The Morgan fingerprint density at radius 1 is 1.12 bits per heavy atom. The number of hydrogen-bond acceptors (Lipinski definition) is 4. The zero-order chi connectivity index (χ0) is 18.5. The molecule has 0 aliphatic carbocycles. The minimum absolute atomic E-state index is 0.0240. The summed E-state index contributed by atoms with van der Waals surface area (Å²) in [4.78, 5) is 24.1. The predicted molar refractivity (Wildman–Crippen MR) is 99.5 cm³/mol. The average Bonchev–Trinajstić information content (AvgIpc) is 3.10. The smallest absolute Gasteiger partial charge is 0.265 e. The quantitative estimate of drug-likeness (QED) is 0.628. The zero-order valence-electron chi connectivity index (χ0n) is 14.0. The fourth-order valence-electron chi connectivity index (χ4n) is 2.27. The molecule has 3 rings (SSSR count). The van der Waals surface area contributed by atoms with Gasteiger partial charge in [-0.2, -0.15) is 0 Å². The Morgan fingerprint density at radius 2 is 1.88 bits per heavy atom. The molecule has 1 heterocycles. The number of carbonyl (C=O) groups is 2. The van der Waals surface area contributed by atoms with E-state index in [0.29, 0.717) is 21.9 Å². The molecule has 0 unspecified atom stereocenters. The standard InChI is InChI=1S/C20H16FNO3S/c1-13(23)15-5-7-17(8-6-15)22-20(24)19-9-14(12-26-19)11-25-18-4-2-3-16(21)10-18/h2-10,12H,11H2,1H3,(H,22,24). The summed E-state index contributed by atoms with van der Waals surface area (Å²) in [5, 5.41) is 4.62. The maximum absolute atomic E-state index is 13.1. The third-order valence-corrected chi connectivity index (χ3v) is 4.61. The van der Waals surface area contributed by atoms with Crippen molar-refractivity contribution in [1.29, 1.82) is 0 Å². The highest BCUT2D eigenvalue weighted by molar-refractivity contribution is 7.12. The molecule has 0 atom stereocenters. The van der Waals surface area contributed by atoms with Crippen molar-refractivity contribution >= 4 is 28.7 Å². The minimum Gasteiger partial charge on any atom is -0.489 e. The molecular weight excluding hydrogens is 353 g/mol. The number of hydrogen-bond donors (Lipinski definition) is 1. The Bertz CT molecular complexity index is 934. The van der Waals surface area contributed by atoms with Gasteiger partial charge in [-0.1, -0.05) is 6.07 Å². The molecule has 1 N–H and O–H groups in total. The molecule has 0 fully saturated rings. The van der Waals surface area contributed by atoms with Crippen LogP contribution in [0, 0.1) is 5.82 Å². The van der Waals surface area contributed by atoms with Gasteiger partial charge in [0.1, 0.15) is 18.2 Å². The number of ketones is 1. The molecule has 4 nitrogen and oxygen atoms in total. The van der Waals surface area contributed by atoms with Crippen LogP contribution in [0.4, 0.5) is 10.1 Å². The SMILES string of the molecule is CC(=O)c1ccc(NC(=O)c2cc(COc3cccc(F)c3)cs2)cc1. The fourth-order valence-corrected chi connectivity index (χ4v) is 3.07. The summed E-state index contributed by atoms with van der Waals surface area (Å²) in [6.07, 6.45) is 0. The molecule has 2 aromatic carbocycles. The van der Waals surface area contributed by atoms with Gasteiger partial charge in [-0.3, -0.25) is 9.59 Å². The van der Waals surface area contributed by atoms with Gasteiger partial charge in [-0.15, -0.1) is 11.3 Å². The maximum Gasteiger partial charge on any atom is 0.265 e. The molecule has 1 aromatic heterocycles. The third-order valence-electron chi connectivity index (χ3n) is 3.63. The Balaban J connectivity index is 1.59. The largest absolute Gasteiger partial charge is 0.489 e. The van der Waals surface area contributed by atoms with Crippen LogP contribution in [-0.2, 0) is 6.61 Å². The van der Waals surface area contributed by atoms with Gasteiger partial charge in [-0.25, -0.2) is 4.39 Å². The van der Waals surface area contributed by atoms with E-state index in [9.17, 15) is 14.0 Å². The Kier molecular flexibility index (Phi) is 5.43. The summed E-state index contributed by atoms with van der Waals surface area (Å²) in [6, 6.07) is 14.4. The highest BCUT2D eigenvalue weighted by Gasteiger charge is 2.10. The molecule has 6 heteroatoms. The van der Waals surface area contributed by atoms with Crippen LogP contribution in [0.25, 0.3) is 0 Å². The summed E-state index contributed by atoms with van der Waals surface area (Å²) in [6.45, 7) is 1.74. The van der Waals surface area contributed by atoms with E-state index in [1.165, 1.54) is 30.4 Å². The lowest BCUT2D eigenvalue weighted by Gasteiger charge is -2.05. The zero-order valence-corrected chi connectivity index (χ0v) is 14.8. The Hall–Kier alpha value is -2.99. The number of amides is 1. The van der Waals surface area contributed by atoms with Crippen LogP contribution in [0.15, 0.2) is 60.0 Å². The number of thiophene rings is 1. The lowest BCUT2D eigenvalue weighted by molar-refractivity contribution is 0.101. The molecule has 0 saturated carbocycles. The third kappa shape index (κ3) is 4.55. The Labute approximate surface area is 154 Å². The molecule has 0 aliphatic rings. The molecule has 0 bridgehead atoms. The minimum atomic E-state index is -0.358. The van der Waals surface area contributed by atoms with Crippen LogP contribution in [0.1, 0.15) is 32.5 Å². The average molecular weight is 369 g/mol. The van der Waals surface area contributed by atoms with E-state index < -0.39 is 0 Å². The number of ether oxygens (including phenoxy) is 1. The summed E-state index contributed by atoms with van der Waals surface area (Å²) in [7, 11) is 0. The van der Waals surface area contributed by atoms with Crippen LogP contribution in [0.5, 0.6) is 5.75 Å². The van der Waals surface area contributed by atoms with E-state index in [2.05, 4.69) is 5.32 Å². The lowest BCUT2D eigenvalue weighted by Crippen LogP contribution is -2.10. The number of benzene rings is 2. The van der Waals surface area contributed by atoms with E-state index in [-0.39, 0.29) is 24.1 Å². The molecule has 0 saturated heterocycles. The van der Waals surface area contributed by atoms with Crippen molar-refractivity contribution in [3.8, 4) is 5.75 Å². The first-order valence-electron chi connectivity index (χ1n) is 7.89. The second kappa shape index (κ2) is 7.93. The van der Waals surface area contributed by atoms with Crippen LogP contribution >= 0.6 is 11.3 Å². The Morgan fingerprint density at radius 3 is 2.58 bits per heavy atom. The van der Waals surface area contributed by atoms with Gasteiger partial charge in [0.05, 0.1) is 4.88 Å². The lowest BCUT2D eigenvalue weighted by atomic mass is 10.1. The van der Waals surface area contributed by atoms with E-state index in [0.717, 1.165) is 5.56 Å². The molecule has 3 aromatic rings. The summed E-state index contributed by atoms with van der Waals surface area (Å²) < 4.78 is 18.7. The fraction of sp³-hybridized carbons (Fsp3) is 0.100. The van der Waals surface area contributed by atoms with Crippen molar-refractivity contribution in [1.82, 2.24) is 0 Å². The first-order valence-corrected chi connectivity index (χ1v) is 8.77. The van der Waals surface area contributed by atoms with Gasteiger partial charge in [0.15, 0.2) is 5.78 Å². The molecule has 1 amide bonds. The second-order valence-corrected chi connectivity index (χ2v) is 6.56. The van der Waals surface area contributed by atoms with Crippen LogP contribution < -0.4 is 10.1 Å². The van der Waals surface area contributed by atoms with Gasteiger partial charge < -0.3 is 10.1 Å². The first-order chi connectivity index (χ1) is 12.5. The number of carbonyl (C=O) groups excluding carboxylic acids is 2. The highest BCUT2D eigenvalue weighted by Crippen LogP contribution is 2.20. The van der Waals surface area contributed by atoms with E-state index in [1.807, 2.05) is 5.38 Å². The van der Waals surface area contributed by atoms with Crippen molar-refractivity contribution in [2.45, 2.75) is 13.5 Å². The molecule has 26 heavy (non-hydrogen) atoms. The number of Topliss-reactive ketones (excluding diaryl/α,β-unsaturated/α-hetero) is 1. The number of anilines is 1. The number of nitrogens with one attached hydrogen (secondary N) is 1. The highest BCUT2D eigenvalue weighted by atomic mass is 32.1. The van der Waals surface area contributed by atoms with Gasteiger partial charge in [0.25, 0.3) is 5.91 Å². The van der Waals surface area contributed by atoms with Crippen molar-refractivity contribution < 1.29 is 18.7 Å². The summed E-state index contributed by atoms with van der Waals surface area (Å²) in [5.41, 5.74) is 2.04. The van der Waals surface area contributed by atoms with Gasteiger partial charge in [0, 0.05) is 22.9 Å². The second-order valence-electron chi connectivity index (χ2n) is 5.65. The van der Waals surface area contributed by atoms with E-state index >= 15 is 0 Å². The molecule has 0 aliphatic heterocycles.